The third kappa shape index (κ3) is 4.03. The Morgan fingerprint density at radius 2 is 1.95 bits per heavy atom. The third-order valence-electron chi connectivity index (χ3n) is 3.21. The smallest absolute Gasteiger partial charge is 0.262 e. The molecule has 1 aromatic carbocycles. The maximum Gasteiger partial charge on any atom is 0.262 e. The zero-order chi connectivity index (χ0) is 15.9. The van der Waals surface area contributed by atoms with E-state index in [9.17, 15) is 10.1 Å². The summed E-state index contributed by atoms with van der Waals surface area (Å²) in [5.41, 5.74) is 2.46. The summed E-state index contributed by atoms with van der Waals surface area (Å²) in [6.07, 6.45) is 1.50. The molecule has 0 saturated carbocycles. The molecule has 0 bridgehead atoms. The van der Waals surface area contributed by atoms with Crippen LogP contribution in [-0.2, 0) is 4.79 Å². The molecular formula is C18H17N3O. The van der Waals surface area contributed by atoms with Gasteiger partial charge < -0.3 is 5.32 Å². The Kier molecular flexibility index (Phi) is 5.05. The lowest BCUT2D eigenvalue weighted by Crippen LogP contribution is -2.27. The Bertz CT molecular complexity index is 729. The van der Waals surface area contributed by atoms with Crippen molar-refractivity contribution in [1.82, 2.24) is 10.3 Å². The van der Waals surface area contributed by atoms with Crippen LogP contribution in [0.25, 0.3) is 6.08 Å². The number of aryl methyl sites for hydroxylation is 1. The van der Waals surface area contributed by atoms with E-state index < -0.39 is 5.91 Å². The van der Waals surface area contributed by atoms with Crippen molar-refractivity contribution in [2.45, 2.75) is 19.9 Å². The number of carbonyl (C=O) groups is 1. The predicted octanol–water partition coefficient (Wildman–Crippen LogP) is 3.17. The minimum absolute atomic E-state index is 0.0425. The molecule has 1 atom stereocenters. The van der Waals surface area contributed by atoms with Crippen molar-refractivity contribution < 1.29 is 4.79 Å². The Labute approximate surface area is 130 Å². The molecular weight excluding hydrogens is 274 g/mol. The fourth-order valence-electron chi connectivity index (χ4n) is 2.04. The lowest BCUT2D eigenvalue weighted by atomic mass is 10.1. The van der Waals surface area contributed by atoms with E-state index in [1.165, 1.54) is 6.08 Å². The highest BCUT2D eigenvalue weighted by molar-refractivity contribution is 6.01. The zero-order valence-corrected chi connectivity index (χ0v) is 12.6. The Morgan fingerprint density at radius 1 is 1.23 bits per heavy atom. The van der Waals surface area contributed by atoms with Crippen LogP contribution in [-0.4, -0.2) is 10.9 Å². The van der Waals surface area contributed by atoms with Crippen molar-refractivity contribution in [3.8, 4) is 6.07 Å². The Morgan fingerprint density at radius 3 is 2.59 bits per heavy atom. The zero-order valence-electron chi connectivity index (χ0n) is 12.6. The van der Waals surface area contributed by atoms with Gasteiger partial charge in [0.1, 0.15) is 11.6 Å². The topological polar surface area (TPSA) is 65.8 Å². The number of hydrogen-bond donors (Lipinski definition) is 1. The minimum atomic E-state index is -0.401. The van der Waals surface area contributed by atoms with E-state index >= 15 is 0 Å². The fraction of sp³-hybridized carbons (Fsp3) is 0.167. The summed E-state index contributed by atoms with van der Waals surface area (Å²) in [7, 11) is 0. The SMILES string of the molecule is Cc1cccc(C=C(C#N)C(=O)NC(C)c2ccccc2)n1. The molecule has 1 amide bonds. The summed E-state index contributed by atoms with van der Waals surface area (Å²) in [6, 6.07) is 16.8. The van der Waals surface area contributed by atoms with Gasteiger partial charge in [-0.3, -0.25) is 9.78 Å². The number of pyridine rings is 1. The van der Waals surface area contributed by atoms with E-state index in [-0.39, 0.29) is 11.6 Å². The van der Waals surface area contributed by atoms with Crippen LogP contribution in [0.2, 0.25) is 0 Å². The van der Waals surface area contributed by atoms with Crippen LogP contribution in [0.5, 0.6) is 0 Å². The minimum Gasteiger partial charge on any atom is -0.345 e. The van der Waals surface area contributed by atoms with Gasteiger partial charge in [0.25, 0.3) is 5.91 Å². The first-order valence-corrected chi connectivity index (χ1v) is 7.01. The van der Waals surface area contributed by atoms with Crippen molar-refractivity contribution in [2.24, 2.45) is 0 Å². The second kappa shape index (κ2) is 7.19. The fourth-order valence-corrected chi connectivity index (χ4v) is 2.04. The molecule has 0 radical (unpaired) electrons. The van der Waals surface area contributed by atoms with Crippen LogP contribution in [0, 0.1) is 18.3 Å². The summed E-state index contributed by atoms with van der Waals surface area (Å²) in [5.74, 6) is -0.401. The van der Waals surface area contributed by atoms with Gasteiger partial charge in [0.15, 0.2) is 0 Å². The van der Waals surface area contributed by atoms with Crippen LogP contribution in [0.4, 0.5) is 0 Å². The van der Waals surface area contributed by atoms with E-state index in [4.69, 9.17) is 0 Å². The molecule has 2 rings (SSSR count). The Hall–Kier alpha value is -2.93. The number of rotatable bonds is 4. The second-order valence-electron chi connectivity index (χ2n) is 4.98. The number of hydrogen-bond acceptors (Lipinski definition) is 3. The highest BCUT2D eigenvalue weighted by Gasteiger charge is 2.13. The highest BCUT2D eigenvalue weighted by atomic mass is 16.1. The molecule has 2 aromatic rings. The van der Waals surface area contributed by atoms with E-state index in [0.29, 0.717) is 5.69 Å². The molecule has 0 aliphatic carbocycles. The number of benzene rings is 1. The summed E-state index contributed by atoms with van der Waals surface area (Å²) in [6.45, 7) is 3.74. The van der Waals surface area contributed by atoms with Crippen LogP contribution in [0.3, 0.4) is 0 Å². The van der Waals surface area contributed by atoms with Gasteiger partial charge in [-0.05, 0) is 37.6 Å². The van der Waals surface area contributed by atoms with Gasteiger partial charge in [0, 0.05) is 5.69 Å². The molecule has 4 nitrogen and oxygen atoms in total. The maximum absolute atomic E-state index is 12.2. The number of aromatic nitrogens is 1. The first-order valence-electron chi connectivity index (χ1n) is 7.01. The first kappa shape index (κ1) is 15.5. The Balaban J connectivity index is 2.14. The van der Waals surface area contributed by atoms with Crippen LogP contribution < -0.4 is 5.32 Å². The highest BCUT2D eigenvalue weighted by Crippen LogP contribution is 2.13. The molecule has 1 aromatic heterocycles. The third-order valence-corrected chi connectivity index (χ3v) is 3.21. The molecule has 1 N–H and O–H groups in total. The monoisotopic (exact) mass is 291 g/mol. The lowest BCUT2D eigenvalue weighted by Gasteiger charge is -2.13. The van der Waals surface area contributed by atoms with Gasteiger partial charge in [-0.15, -0.1) is 0 Å². The van der Waals surface area contributed by atoms with Gasteiger partial charge >= 0.3 is 0 Å². The summed E-state index contributed by atoms with van der Waals surface area (Å²) in [5, 5.41) is 12.0. The first-order chi connectivity index (χ1) is 10.6. The van der Waals surface area contributed by atoms with E-state index in [1.54, 1.807) is 6.07 Å². The van der Waals surface area contributed by atoms with Crippen molar-refractivity contribution in [3.05, 3.63) is 71.1 Å². The van der Waals surface area contributed by atoms with Crippen molar-refractivity contribution in [3.63, 3.8) is 0 Å². The average molecular weight is 291 g/mol. The molecule has 1 unspecified atom stereocenters. The van der Waals surface area contributed by atoms with Crippen molar-refractivity contribution in [2.75, 3.05) is 0 Å². The summed E-state index contributed by atoms with van der Waals surface area (Å²) in [4.78, 5) is 16.5. The normalized spacial score (nSPS) is 12.3. The lowest BCUT2D eigenvalue weighted by molar-refractivity contribution is -0.117. The number of carbonyl (C=O) groups excluding carboxylic acids is 1. The summed E-state index contributed by atoms with van der Waals surface area (Å²) >= 11 is 0. The van der Waals surface area contributed by atoms with Crippen LogP contribution in [0.15, 0.2) is 54.1 Å². The predicted molar refractivity (Wildman–Crippen MR) is 85.6 cm³/mol. The molecule has 0 saturated heterocycles. The van der Waals surface area contributed by atoms with E-state index in [1.807, 2.05) is 62.4 Å². The largest absolute Gasteiger partial charge is 0.345 e. The van der Waals surface area contributed by atoms with Gasteiger partial charge in [0.2, 0.25) is 0 Å². The molecule has 0 aliphatic rings. The standard InChI is InChI=1S/C18H17N3O/c1-13-7-6-10-17(20-13)11-16(12-19)18(22)21-14(2)15-8-4-3-5-9-15/h3-11,14H,1-2H3,(H,21,22). The molecule has 0 aliphatic heterocycles. The van der Waals surface area contributed by atoms with Crippen molar-refractivity contribution >= 4 is 12.0 Å². The van der Waals surface area contributed by atoms with Gasteiger partial charge in [-0.2, -0.15) is 5.26 Å². The average Bonchev–Trinajstić information content (AvgIpc) is 2.53. The number of nitrogens with zero attached hydrogens (tertiary/aromatic N) is 2. The van der Waals surface area contributed by atoms with Crippen molar-refractivity contribution in [1.29, 1.82) is 5.26 Å². The molecule has 110 valence electrons. The number of nitriles is 1. The molecule has 4 heteroatoms. The summed E-state index contributed by atoms with van der Waals surface area (Å²) < 4.78 is 0. The van der Waals surface area contributed by atoms with Crippen LogP contribution >= 0.6 is 0 Å². The van der Waals surface area contributed by atoms with Gasteiger partial charge in [0.05, 0.1) is 11.7 Å². The molecule has 22 heavy (non-hydrogen) atoms. The second-order valence-corrected chi connectivity index (χ2v) is 4.98. The number of nitrogens with one attached hydrogen (secondary N) is 1. The maximum atomic E-state index is 12.2. The van der Waals surface area contributed by atoms with E-state index in [2.05, 4.69) is 10.3 Å². The quantitative estimate of drug-likeness (QED) is 0.695. The molecule has 0 spiro atoms. The van der Waals surface area contributed by atoms with Gasteiger partial charge in [-0.1, -0.05) is 36.4 Å². The van der Waals surface area contributed by atoms with Gasteiger partial charge in [-0.25, -0.2) is 0 Å². The number of amides is 1. The molecule has 0 fully saturated rings. The van der Waals surface area contributed by atoms with Crippen LogP contribution in [0.1, 0.15) is 29.9 Å². The van der Waals surface area contributed by atoms with E-state index in [0.717, 1.165) is 11.3 Å². The molecule has 1 heterocycles.